The molecule has 3 rings (SSSR count). The number of benzene rings is 2. The molecule has 0 saturated carbocycles. The molecule has 1 amide bonds. The molecular weight excluding hydrogens is 333 g/mol. The molecule has 0 aliphatic rings. The number of methoxy groups -OCH3 is 1. The fourth-order valence-corrected chi connectivity index (χ4v) is 2.74. The van der Waals surface area contributed by atoms with Gasteiger partial charge in [-0.05, 0) is 37.6 Å². The first-order valence-electron chi connectivity index (χ1n) is 8.22. The van der Waals surface area contributed by atoms with Crippen LogP contribution < -0.4 is 4.74 Å². The summed E-state index contributed by atoms with van der Waals surface area (Å²) >= 11 is 0. The van der Waals surface area contributed by atoms with Gasteiger partial charge in [0.25, 0.3) is 5.91 Å². The highest BCUT2D eigenvalue weighted by Crippen LogP contribution is 2.21. The maximum absolute atomic E-state index is 14.0. The molecule has 3 aromatic rings. The molecule has 5 nitrogen and oxygen atoms in total. The molecule has 0 bridgehead atoms. The van der Waals surface area contributed by atoms with E-state index < -0.39 is 5.82 Å². The standard InChI is InChI=1S/C20H20FN3O2/c1-12-13(2)23-19-17(9-15(21)10-18(19)22-12)20(25)24(3)11-14-5-7-16(26-4)8-6-14/h5-10H,11H2,1-4H3. The van der Waals surface area contributed by atoms with Gasteiger partial charge in [-0.25, -0.2) is 14.4 Å². The molecule has 0 radical (unpaired) electrons. The Hall–Kier alpha value is -3.02. The van der Waals surface area contributed by atoms with Gasteiger partial charge in [-0.3, -0.25) is 4.79 Å². The van der Waals surface area contributed by atoms with E-state index in [-0.39, 0.29) is 11.5 Å². The molecule has 0 atom stereocenters. The van der Waals surface area contributed by atoms with Crippen molar-refractivity contribution in [1.29, 1.82) is 0 Å². The van der Waals surface area contributed by atoms with Gasteiger partial charge in [0.1, 0.15) is 17.1 Å². The Morgan fingerprint density at radius 1 is 1.12 bits per heavy atom. The molecule has 2 aromatic carbocycles. The molecule has 6 heteroatoms. The van der Waals surface area contributed by atoms with Crippen LogP contribution in [0.2, 0.25) is 0 Å². The van der Waals surface area contributed by atoms with Crippen molar-refractivity contribution in [1.82, 2.24) is 14.9 Å². The van der Waals surface area contributed by atoms with Gasteiger partial charge in [-0.2, -0.15) is 0 Å². The van der Waals surface area contributed by atoms with E-state index in [0.717, 1.165) is 17.0 Å². The van der Waals surface area contributed by atoms with Crippen molar-refractivity contribution in [3.05, 3.63) is 64.7 Å². The Morgan fingerprint density at radius 3 is 2.42 bits per heavy atom. The molecular formula is C20H20FN3O2. The van der Waals surface area contributed by atoms with Crippen molar-refractivity contribution in [3.63, 3.8) is 0 Å². The van der Waals surface area contributed by atoms with Gasteiger partial charge in [0.2, 0.25) is 0 Å². The summed E-state index contributed by atoms with van der Waals surface area (Å²) in [6.07, 6.45) is 0. The van der Waals surface area contributed by atoms with Crippen molar-refractivity contribution < 1.29 is 13.9 Å². The summed E-state index contributed by atoms with van der Waals surface area (Å²) in [6.45, 7) is 4.02. The Bertz CT molecular complexity index is 971. The fraction of sp³-hybridized carbons (Fsp3) is 0.250. The number of ether oxygens (including phenoxy) is 1. The van der Waals surface area contributed by atoms with Crippen LogP contribution in [-0.2, 0) is 6.54 Å². The number of fused-ring (bicyclic) bond motifs is 1. The molecule has 0 spiro atoms. The molecule has 0 N–H and O–H groups in total. The van der Waals surface area contributed by atoms with Gasteiger partial charge < -0.3 is 9.64 Å². The summed E-state index contributed by atoms with van der Waals surface area (Å²) in [5, 5.41) is 0. The second-order valence-electron chi connectivity index (χ2n) is 6.22. The molecule has 0 aliphatic carbocycles. The summed E-state index contributed by atoms with van der Waals surface area (Å²) in [4.78, 5) is 23.2. The number of carbonyl (C=O) groups is 1. The zero-order chi connectivity index (χ0) is 18.8. The highest BCUT2D eigenvalue weighted by Gasteiger charge is 2.19. The SMILES string of the molecule is COc1ccc(CN(C)C(=O)c2cc(F)cc3nc(C)c(C)nc23)cc1. The van der Waals surface area contributed by atoms with E-state index in [4.69, 9.17) is 4.74 Å². The Kier molecular flexibility index (Phi) is 4.84. The third-order valence-electron chi connectivity index (χ3n) is 4.30. The third-order valence-corrected chi connectivity index (χ3v) is 4.30. The number of amides is 1. The van der Waals surface area contributed by atoms with Crippen LogP contribution in [0.3, 0.4) is 0 Å². The predicted molar refractivity (Wildman–Crippen MR) is 97.8 cm³/mol. The number of aromatic nitrogens is 2. The zero-order valence-electron chi connectivity index (χ0n) is 15.2. The number of hydrogen-bond donors (Lipinski definition) is 0. The fourth-order valence-electron chi connectivity index (χ4n) is 2.74. The van der Waals surface area contributed by atoms with Crippen LogP contribution in [0, 0.1) is 19.7 Å². The summed E-state index contributed by atoms with van der Waals surface area (Å²) in [7, 11) is 3.28. The number of halogens is 1. The van der Waals surface area contributed by atoms with Gasteiger partial charge in [-0.15, -0.1) is 0 Å². The second-order valence-corrected chi connectivity index (χ2v) is 6.22. The van der Waals surface area contributed by atoms with E-state index in [1.54, 1.807) is 14.2 Å². The topological polar surface area (TPSA) is 55.3 Å². The Balaban J connectivity index is 1.94. The maximum atomic E-state index is 14.0. The minimum atomic E-state index is -0.503. The minimum absolute atomic E-state index is 0.214. The lowest BCUT2D eigenvalue weighted by Crippen LogP contribution is -2.26. The predicted octanol–water partition coefficient (Wildman–Crippen LogP) is 3.67. The van der Waals surface area contributed by atoms with E-state index in [1.165, 1.54) is 17.0 Å². The first-order chi connectivity index (χ1) is 12.4. The van der Waals surface area contributed by atoms with E-state index in [9.17, 15) is 9.18 Å². The normalized spacial score (nSPS) is 10.8. The van der Waals surface area contributed by atoms with Crippen molar-refractivity contribution >= 4 is 16.9 Å². The number of carbonyl (C=O) groups excluding carboxylic acids is 1. The van der Waals surface area contributed by atoms with E-state index >= 15 is 0 Å². The number of aryl methyl sites for hydroxylation is 2. The summed E-state index contributed by atoms with van der Waals surface area (Å²) < 4.78 is 19.1. The van der Waals surface area contributed by atoms with Crippen molar-refractivity contribution in [3.8, 4) is 5.75 Å². The second kappa shape index (κ2) is 7.07. The molecule has 134 valence electrons. The molecule has 26 heavy (non-hydrogen) atoms. The van der Waals surface area contributed by atoms with Gasteiger partial charge in [-0.1, -0.05) is 12.1 Å². The van der Waals surface area contributed by atoms with Crippen LogP contribution in [0.1, 0.15) is 27.3 Å². The van der Waals surface area contributed by atoms with Crippen LogP contribution in [0.4, 0.5) is 4.39 Å². The molecule has 0 unspecified atom stereocenters. The van der Waals surface area contributed by atoms with Gasteiger partial charge in [0, 0.05) is 19.7 Å². The summed E-state index contributed by atoms with van der Waals surface area (Å²) in [5.41, 5.74) is 3.39. The van der Waals surface area contributed by atoms with Crippen molar-refractivity contribution in [2.75, 3.05) is 14.2 Å². The lowest BCUT2D eigenvalue weighted by atomic mass is 10.1. The van der Waals surface area contributed by atoms with Crippen LogP contribution >= 0.6 is 0 Å². The van der Waals surface area contributed by atoms with Crippen LogP contribution in [0.15, 0.2) is 36.4 Å². The molecule has 0 saturated heterocycles. The van der Waals surface area contributed by atoms with E-state index in [0.29, 0.717) is 23.3 Å². The van der Waals surface area contributed by atoms with Crippen molar-refractivity contribution in [2.45, 2.75) is 20.4 Å². The lowest BCUT2D eigenvalue weighted by molar-refractivity contribution is 0.0786. The highest BCUT2D eigenvalue weighted by atomic mass is 19.1. The Morgan fingerprint density at radius 2 is 1.77 bits per heavy atom. The van der Waals surface area contributed by atoms with Gasteiger partial charge >= 0.3 is 0 Å². The average molecular weight is 353 g/mol. The van der Waals surface area contributed by atoms with Crippen LogP contribution in [0.5, 0.6) is 5.75 Å². The smallest absolute Gasteiger partial charge is 0.256 e. The Labute approximate surface area is 151 Å². The van der Waals surface area contributed by atoms with Crippen LogP contribution in [0.25, 0.3) is 11.0 Å². The zero-order valence-corrected chi connectivity index (χ0v) is 15.2. The molecule has 0 fully saturated rings. The third kappa shape index (κ3) is 3.49. The summed E-state index contributed by atoms with van der Waals surface area (Å²) in [5.74, 6) is -0.0564. The van der Waals surface area contributed by atoms with Crippen LogP contribution in [-0.4, -0.2) is 34.9 Å². The molecule has 0 aliphatic heterocycles. The quantitative estimate of drug-likeness (QED) is 0.718. The summed E-state index contributed by atoms with van der Waals surface area (Å²) in [6, 6.07) is 9.97. The largest absolute Gasteiger partial charge is 0.497 e. The first-order valence-corrected chi connectivity index (χ1v) is 8.22. The van der Waals surface area contributed by atoms with E-state index in [2.05, 4.69) is 9.97 Å². The van der Waals surface area contributed by atoms with Gasteiger partial charge in [0.15, 0.2) is 0 Å². The first kappa shape index (κ1) is 17.8. The molecule has 1 heterocycles. The van der Waals surface area contributed by atoms with E-state index in [1.807, 2.05) is 38.1 Å². The number of nitrogens with zero attached hydrogens (tertiary/aromatic N) is 3. The number of hydrogen-bond acceptors (Lipinski definition) is 4. The average Bonchev–Trinajstić information content (AvgIpc) is 2.62. The van der Waals surface area contributed by atoms with Crippen molar-refractivity contribution in [2.24, 2.45) is 0 Å². The maximum Gasteiger partial charge on any atom is 0.256 e. The molecule has 1 aromatic heterocycles. The van der Waals surface area contributed by atoms with Gasteiger partial charge in [0.05, 0.1) is 29.6 Å². The number of rotatable bonds is 4. The lowest BCUT2D eigenvalue weighted by Gasteiger charge is -2.18. The minimum Gasteiger partial charge on any atom is -0.497 e. The monoisotopic (exact) mass is 353 g/mol. The highest BCUT2D eigenvalue weighted by molar-refractivity contribution is 6.04.